The molecule has 1 atom stereocenters. The van der Waals surface area contributed by atoms with Crippen LogP contribution >= 0.6 is 0 Å². The molecule has 0 aromatic rings. The molecule has 1 fully saturated rings. The fourth-order valence-corrected chi connectivity index (χ4v) is 1.75. The fraction of sp³-hybridized carbons (Fsp3) is 0.818. The molecule has 2 N–H and O–H groups in total. The Bertz CT molecular complexity index is 237. The summed E-state index contributed by atoms with van der Waals surface area (Å²) in [7, 11) is 1.37. The summed E-state index contributed by atoms with van der Waals surface area (Å²) in [5.41, 5.74) is 0. The van der Waals surface area contributed by atoms with Crippen LogP contribution in [0.2, 0.25) is 0 Å². The Kier molecular flexibility index (Phi) is 5.85. The van der Waals surface area contributed by atoms with Crippen LogP contribution < -0.4 is 10.6 Å². The monoisotopic (exact) mass is 228 g/mol. The minimum atomic E-state index is -0.231. The van der Waals surface area contributed by atoms with Crippen LogP contribution in [0, 0.1) is 0 Å². The van der Waals surface area contributed by atoms with E-state index in [2.05, 4.69) is 15.4 Å². The molecule has 1 rings (SSSR count). The number of hydrogen-bond acceptors (Lipinski definition) is 4. The van der Waals surface area contributed by atoms with Crippen LogP contribution in [0.1, 0.15) is 32.1 Å². The standard InChI is InChI=1S/C11H20N2O3/c1-16-10(14)6-4-8-13-11(15)9-5-2-3-7-12-9/h9,12H,2-8H2,1H3,(H,13,15)/t9-/m1/s1. The molecular formula is C11H20N2O3. The highest BCUT2D eigenvalue weighted by Gasteiger charge is 2.19. The average molecular weight is 228 g/mol. The molecule has 16 heavy (non-hydrogen) atoms. The van der Waals surface area contributed by atoms with Gasteiger partial charge in [-0.05, 0) is 25.8 Å². The Labute approximate surface area is 95.9 Å². The zero-order valence-electron chi connectivity index (χ0n) is 9.75. The van der Waals surface area contributed by atoms with E-state index in [1.807, 2.05) is 0 Å². The first kappa shape index (κ1) is 13.0. The molecule has 1 heterocycles. The summed E-state index contributed by atoms with van der Waals surface area (Å²) in [5, 5.41) is 6.00. The molecule has 0 bridgehead atoms. The van der Waals surface area contributed by atoms with Gasteiger partial charge in [0.15, 0.2) is 0 Å². The quantitative estimate of drug-likeness (QED) is 0.521. The highest BCUT2D eigenvalue weighted by molar-refractivity contribution is 5.81. The van der Waals surface area contributed by atoms with Crippen molar-refractivity contribution < 1.29 is 14.3 Å². The second-order valence-corrected chi connectivity index (χ2v) is 3.97. The Morgan fingerprint density at radius 2 is 2.25 bits per heavy atom. The van der Waals surface area contributed by atoms with Crippen molar-refractivity contribution in [1.82, 2.24) is 10.6 Å². The number of esters is 1. The number of ether oxygens (including phenoxy) is 1. The molecule has 1 saturated heterocycles. The lowest BCUT2D eigenvalue weighted by Crippen LogP contribution is -2.46. The zero-order chi connectivity index (χ0) is 11.8. The molecule has 5 heteroatoms. The van der Waals surface area contributed by atoms with Crippen molar-refractivity contribution in [3.05, 3.63) is 0 Å². The fourth-order valence-electron chi connectivity index (χ4n) is 1.75. The molecule has 0 aliphatic carbocycles. The SMILES string of the molecule is COC(=O)CCCNC(=O)[C@H]1CCCCN1. The number of carbonyl (C=O) groups is 2. The lowest BCUT2D eigenvalue weighted by atomic mass is 10.0. The van der Waals surface area contributed by atoms with Gasteiger partial charge in [0.25, 0.3) is 0 Å². The normalized spacial score (nSPS) is 20.2. The summed E-state index contributed by atoms with van der Waals surface area (Å²) in [4.78, 5) is 22.4. The van der Waals surface area contributed by atoms with Gasteiger partial charge in [-0.15, -0.1) is 0 Å². The molecule has 1 amide bonds. The van der Waals surface area contributed by atoms with E-state index < -0.39 is 0 Å². The Morgan fingerprint density at radius 1 is 1.44 bits per heavy atom. The second kappa shape index (κ2) is 7.22. The number of piperidine rings is 1. The Morgan fingerprint density at radius 3 is 2.88 bits per heavy atom. The first-order chi connectivity index (χ1) is 7.74. The lowest BCUT2D eigenvalue weighted by molar-refractivity contribution is -0.140. The van der Waals surface area contributed by atoms with Gasteiger partial charge in [-0.3, -0.25) is 9.59 Å². The Balaban J connectivity index is 2.07. The van der Waals surface area contributed by atoms with Crippen molar-refractivity contribution in [3.8, 4) is 0 Å². The van der Waals surface area contributed by atoms with Crippen LogP contribution in [-0.4, -0.2) is 38.1 Å². The average Bonchev–Trinajstić information content (AvgIpc) is 2.35. The van der Waals surface area contributed by atoms with Gasteiger partial charge in [-0.2, -0.15) is 0 Å². The maximum atomic E-state index is 11.6. The minimum Gasteiger partial charge on any atom is -0.469 e. The third-order valence-corrected chi connectivity index (χ3v) is 2.71. The first-order valence-corrected chi connectivity index (χ1v) is 5.82. The summed E-state index contributed by atoms with van der Waals surface area (Å²) >= 11 is 0. The maximum Gasteiger partial charge on any atom is 0.305 e. The number of hydrogen-bond donors (Lipinski definition) is 2. The van der Waals surface area contributed by atoms with Crippen molar-refractivity contribution in [3.63, 3.8) is 0 Å². The van der Waals surface area contributed by atoms with E-state index in [-0.39, 0.29) is 17.9 Å². The molecule has 0 spiro atoms. The Hall–Kier alpha value is -1.10. The minimum absolute atomic E-state index is 0.0459. The number of amides is 1. The molecule has 1 aliphatic heterocycles. The zero-order valence-corrected chi connectivity index (χ0v) is 9.75. The number of rotatable bonds is 5. The van der Waals surface area contributed by atoms with Crippen molar-refractivity contribution in [2.45, 2.75) is 38.1 Å². The molecule has 0 unspecified atom stereocenters. The van der Waals surface area contributed by atoms with Crippen molar-refractivity contribution in [1.29, 1.82) is 0 Å². The van der Waals surface area contributed by atoms with Crippen molar-refractivity contribution in [2.24, 2.45) is 0 Å². The third-order valence-electron chi connectivity index (χ3n) is 2.71. The smallest absolute Gasteiger partial charge is 0.305 e. The highest BCUT2D eigenvalue weighted by Crippen LogP contribution is 2.06. The topological polar surface area (TPSA) is 67.4 Å². The van der Waals surface area contributed by atoms with Crippen LogP contribution in [0.15, 0.2) is 0 Å². The summed E-state index contributed by atoms with van der Waals surface area (Å²) < 4.78 is 4.51. The molecule has 92 valence electrons. The van der Waals surface area contributed by atoms with Crippen LogP contribution in [0.5, 0.6) is 0 Å². The van der Waals surface area contributed by atoms with E-state index in [0.717, 1.165) is 25.8 Å². The molecule has 5 nitrogen and oxygen atoms in total. The predicted molar refractivity (Wildman–Crippen MR) is 59.9 cm³/mol. The van der Waals surface area contributed by atoms with Gasteiger partial charge in [0.2, 0.25) is 5.91 Å². The van der Waals surface area contributed by atoms with E-state index in [9.17, 15) is 9.59 Å². The van der Waals surface area contributed by atoms with E-state index >= 15 is 0 Å². The molecule has 1 aliphatic rings. The van der Waals surface area contributed by atoms with Gasteiger partial charge in [-0.25, -0.2) is 0 Å². The highest BCUT2D eigenvalue weighted by atomic mass is 16.5. The number of nitrogens with one attached hydrogen (secondary N) is 2. The second-order valence-electron chi connectivity index (χ2n) is 3.97. The summed E-state index contributed by atoms with van der Waals surface area (Å²) in [6, 6.07) is -0.0492. The van der Waals surface area contributed by atoms with E-state index in [0.29, 0.717) is 19.4 Å². The van der Waals surface area contributed by atoms with Crippen LogP contribution in [-0.2, 0) is 14.3 Å². The van der Waals surface area contributed by atoms with Crippen LogP contribution in [0.4, 0.5) is 0 Å². The predicted octanol–water partition coefficient (Wildman–Crippen LogP) is 0.198. The van der Waals surface area contributed by atoms with Gasteiger partial charge in [0.1, 0.15) is 0 Å². The molecular weight excluding hydrogens is 208 g/mol. The number of methoxy groups -OCH3 is 1. The molecule has 0 aromatic heterocycles. The van der Waals surface area contributed by atoms with E-state index in [1.54, 1.807) is 0 Å². The third kappa shape index (κ3) is 4.61. The van der Waals surface area contributed by atoms with Crippen molar-refractivity contribution in [2.75, 3.05) is 20.2 Å². The van der Waals surface area contributed by atoms with Gasteiger partial charge in [0.05, 0.1) is 13.2 Å². The summed E-state index contributed by atoms with van der Waals surface area (Å²) in [6.45, 7) is 1.45. The van der Waals surface area contributed by atoms with Crippen molar-refractivity contribution >= 4 is 11.9 Å². The van der Waals surface area contributed by atoms with Crippen LogP contribution in [0.3, 0.4) is 0 Å². The molecule has 0 aromatic carbocycles. The maximum absolute atomic E-state index is 11.6. The molecule has 0 saturated carbocycles. The summed E-state index contributed by atoms with van der Waals surface area (Å²) in [5.74, 6) is -0.186. The number of carbonyl (C=O) groups excluding carboxylic acids is 2. The van der Waals surface area contributed by atoms with Gasteiger partial charge < -0.3 is 15.4 Å². The summed E-state index contributed by atoms with van der Waals surface area (Å²) in [6.07, 6.45) is 4.14. The first-order valence-electron chi connectivity index (χ1n) is 5.82. The largest absolute Gasteiger partial charge is 0.469 e. The van der Waals surface area contributed by atoms with E-state index in [1.165, 1.54) is 7.11 Å². The van der Waals surface area contributed by atoms with Crippen LogP contribution in [0.25, 0.3) is 0 Å². The lowest BCUT2D eigenvalue weighted by Gasteiger charge is -2.22. The van der Waals surface area contributed by atoms with E-state index in [4.69, 9.17) is 0 Å². The van der Waals surface area contributed by atoms with Gasteiger partial charge in [-0.1, -0.05) is 6.42 Å². The van der Waals surface area contributed by atoms with Gasteiger partial charge >= 0.3 is 5.97 Å². The van der Waals surface area contributed by atoms with Gasteiger partial charge in [0, 0.05) is 13.0 Å². The molecule has 0 radical (unpaired) electrons.